The van der Waals surface area contributed by atoms with Crippen LogP contribution in [0.15, 0.2) is 47.8 Å². The third kappa shape index (κ3) is 2.53. The Hall–Kier alpha value is -2.51. The Balaban J connectivity index is 1.93. The number of quaternary nitrogens is 1. The molecule has 0 spiro atoms. The number of rotatable bonds is 5. The molecule has 0 saturated carbocycles. The molecule has 4 atom stereocenters. The highest BCUT2D eigenvalue weighted by Crippen LogP contribution is 2.49. The molecule has 2 aliphatic rings. The molecular weight excluding hydrogens is 376 g/mol. The average Bonchev–Trinajstić information content (AvgIpc) is 3.40. The van der Waals surface area contributed by atoms with Crippen LogP contribution in [-0.4, -0.2) is 35.8 Å². The lowest BCUT2D eigenvalue weighted by molar-refractivity contribution is -0.742. The van der Waals surface area contributed by atoms with E-state index in [1.807, 2.05) is 53.2 Å². The van der Waals surface area contributed by atoms with Gasteiger partial charge in [-0.25, -0.2) is 4.79 Å². The van der Waals surface area contributed by atoms with E-state index in [9.17, 15) is 14.4 Å². The molecule has 28 heavy (non-hydrogen) atoms. The number of esters is 1. The topological polar surface area (TPSA) is 80.3 Å². The Labute approximate surface area is 167 Å². The van der Waals surface area contributed by atoms with Gasteiger partial charge in [0.1, 0.15) is 17.9 Å². The summed E-state index contributed by atoms with van der Waals surface area (Å²) in [6, 6.07) is 12.8. The first-order valence-corrected chi connectivity index (χ1v) is 10.4. The van der Waals surface area contributed by atoms with E-state index in [0.717, 1.165) is 4.88 Å². The average molecular weight is 399 g/mol. The third-order valence-corrected chi connectivity index (χ3v) is 6.79. The molecule has 2 aliphatic heterocycles. The van der Waals surface area contributed by atoms with Crippen molar-refractivity contribution in [3.8, 4) is 0 Å². The molecule has 0 bridgehead atoms. The van der Waals surface area contributed by atoms with E-state index < -0.39 is 23.3 Å². The summed E-state index contributed by atoms with van der Waals surface area (Å²) in [6.45, 7) is 4.05. The number of benzene rings is 1. The first kappa shape index (κ1) is 18.8. The van der Waals surface area contributed by atoms with Gasteiger partial charge < -0.3 is 10.1 Å². The van der Waals surface area contributed by atoms with Gasteiger partial charge in [-0.1, -0.05) is 36.4 Å². The van der Waals surface area contributed by atoms with Gasteiger partial charge in [0.2, 0.25) is 17.4 Å². The zero-order chi connectivity index (χ0) is 19.9. The Kier molecular flexibility index (Phi) is 4.81. The number of hydrogen-bond acceptors (Lipinski definition) is 5. The SMILES string of the molecule is CCOC(=O)[C@]1(c2ccccc2)[NH2+][C@@H](c2cccs2)[C@H]2C(=O)N(CC)C(=O)[C@@H]21. The fourth-order valence-electron chi connectivity index (χ4n) is 4.69. The van der Waals surface area contributed by atoms with Crippen molar-refractivity contribution in [2.45, 2.75) is 25.4 Å². The van der Waals surface area contributed by atoms with Crippen LogP contribution in [0.25, 0.3) is 0 Å². The Morgan fingerprint density at radius 2 is 1.89 bits per heavy atom. The summed E-state index contributed by atoms with van der Waals surface area (Å²) < 4.78 is 5.46. The number of likely N-dealkylation sites (tertiary alicyclic amines) is 1. The molecule has 7 heteroatoms. The maximum Gasteiger partial charge on any atom is 0.373 e. The summed E-state index contributed by atoms with van der Waals surface area (Å²) in [7, 11) is 0. The van der Waals surface area contributed by atoms with Gasteiger partial charge in [0.05, 0.1) is 11.5 Å². The number of ether oxygens (including phenoxy) is 1. The van der Waals surface area contributed by atoms with Gasteiger partial charge in [-0.15, -0.1) is 11.3 Å². The molecule has 0 unspecified atom stereocenters. The zero-order valence-electron chi connectivity index (χ0n) is 15.8. The summed E-state index contributed by atoms with van der Waals surface area (Å²) in [6.07, 6.45) is 0. The van der Waals surface area contributed by atoms with Crippen LogP contribution in [0.3, 0.4) is 0 Å². The number of nitrogens with zero attached hydrogens (tertiary/aromatic N) is 1. The highest BCUT2D eigenvalue weighted by Gasteiger charge is 2.73. The highest BCUT2D eigenvalue weighted by molar-refractivity contribution is 7.10. The standard InChI is InChI=1S/C21H22N2O4S/c1-3-23-18(24)15-16(19(23)25)21(20(26)27-4-2,13-9-6-5-7-10-13)22-17(15)14-11-8-12-28-14/h5-12,15-17,22H,3-4H2,1-2H3/p+1/t15-,16+,17-,21+/m0/s1. The van der Waals surface area contributed by atoms with Crippen molar-refractivity contribution in [3.63, 3.8) is 0 Å². The second-order valence-corrected chi connectivity index (χ2v) is 8.07. The van der Waals surface area contributed by atoms with Crippen molar-refractivity contribution in [3.05, 3.63) is 58.3 Å². The number of amides is 2. The minimum Gasteiger partial charge on any atom is -0.461 e. The molecule has 0 aliphatic carbocycles. The first-order valence-electron chi connectivity index (χ1n) is 9.53. The second kappa shape index (κ2) is 7.14. The maximum absolute atomic E-state index is 13.3. The van der Waals surface area contributed by atoms with Gasteiger partial charge in [-0.3, -0.25) is 14.5 Å². The van der Waals surface area contributed by atoms with Gasteiger partial charge in [0, 0.05) is 12.1 Å². The lowest BCUT2D eigenvalue weighted by atomic mass is 9.75. The van der Waals surface area contributed by atoms with Crippen molar-refractivity contribution in [1.29, 1.82) is 0 Å². The van der Waals surface area contributed by atoms with Crippen molar-refractivity contribution in [2.24, 2.45) is 11.8 Å². The summed E-state index contributed by atoms with van der Waals surface area (Å²) in [5, 5.41) is 3.84. The van der Waals surface area contributed by atoms with E-state index in [-0.39, 0.29) is 24.5 Å². The van der Waals surface area contributed by atoms with E-state index in [0.29, 0.717) is 12.1 Å². The number of thiophene rings is 1. The monoisotopic (exact) mass is 399 g/mol. The summed E-state index contributed by atoms with van der Waals surface area (Å²) >= 11 is 1.54. The maximum atomic E-state index is 13.3. The quantitative estimate of drug-likeness (QED) is 0.610. The molecule has 1 aromatic heterocycles. The van der Waals surface area contributed by atoms with Gasteiger partial charge in [-0.05, 0) is 25.3 Å². The van der Waals surface area contributed by atoms with Gasteiger partial charge in [0.15, 0.2) is 0 Å². The molecule has 0 radical (unpaired) electrons. The largest absolute Gasteiger partial charge is 0.461 e. The van der Waals surface area contributed by atoms with Gasteiger partial charge >= 0.3 is 5.97 Å². The van der Waals surface area contributed by atoms with E-state index in [1.54, 1.807) is 13.8 Å². The van der Waals surface area contributed by atoms with E-state index in [1.165, 1.54) is 16.2 Å². The van der Waals surface area contributed by atoms with E-state index in [2.05, 4.69) is 0 Å². The van der Waals surface area contributed by atoms with Crippen LogP contribution in [0.5, 0.6) is 0 Å². The van der Waals surface area contributed by atoms with E-state index in [4.69, 9.17) is 4.74 Å². The van der Waals surface area contributed by atoms with Crippen LogP contribution in [-0.2, 0) is 24.7 Å². The highest BCUT2D eigenvalue weighted by atomic mass is 32.1. The van der Waals surface area contributed by atoms with Crippen molar-refractivity contribution < 1.29 is 24.4 Å². The number of fused-ring (bicyclic) bond motifs is 1. The normalized spacial score (nSPS) is 29.2. The molecular formula is C21H23N2O4S+. The number of hydrogen-bond donors (Lipinski definition) is 1. The number of carbonyl (C=O) groups is 3. The van der Waals surface area contributed by atoms with Gasteiger partial charge in [-0.2, -0.15) is 0 Å². The number of carbonyl (C=O) groups excluding carboxylic acids is 3. The summed E-state index contributed by atoms with van der Waals surface area (Å²) in [4.78, 5) is 42.1. The molecule has 2 N–H and O–H groups in total. The van der Waals surface area contributed by atoms with Crippen LogP contribution < -0.4 is 5.32 Å². The molecule has 2 saturated heterocycles. The molecule has 1 aromatic carbocycles. The van der Waals surface area contributed by atoms with Crippen LogP contribution in [0.2, 0.25) is 0 Å². The minimum absolute atomic E-state index is 0.200. The summed E-state index contributed by atoms with van der Waals surface area (Å²) in [5.41, 5.74) is -0.575. The molecule has 2 aromatic rings. The number of imide groups is 1. The second-order valence-electron chi connectivity index (χ2n) is 7.09. The fraction of sp³-hybridized carbons (Fsp3) is 0.381. The minimum atomic E-state index is -1.27. The van der Waals surface area contributed by atoms with Crippen LogP contribution in [0.4, 0.5) is 0 Å². The van der Waals surface area contributed by atoms with Crippen LogP contribution in [0, 0.1) is 11.8 Å². The van der Waals surface area contributed by atoms with Crippen molar-refractivity contribution in [1.82, 2.24) is 4.90 Å². The predicted octanol–water partition coefficient (Wildman–Crippen LogP) is 1.45. The molecule has 3 heterocycles. The van der Waals surface area contributed by atoms with Crippen LogP contribution >= 0.6 is 11.3 Å². The summed E-state index contributed by atoms with van der Waals surface area (Å²) in [5.74, 6) is -2.32. The first-order chi connectivity index (χ1) is 13.6. The molecule has 2 fully saturated rings. The van der Waals surface area contributed by atoms with Crippen LogP contribution in [0.1, 0.15) is 30.3 Å². The van der Waals surface area contributed by atoms with Crippen molar-refractivity contribution >= 4 is 29.1 Å². The number of nitrogens with two attached hydrogens (primary N) is 1. The smallest absolute Gasteiger partial charge is 0.373 e. The fourth-order valence-corrected chi connectivity index (χ4v) is 5.53. The van der Waals surface area contributed by atoms with E-state index >= 15 is 0 Å². The zero-order valence-corrected chi connectivity index (χ0v) is 16.6. The molecule has 4 rings (SSSR count). The Morgan fingerprint density at radius 3 is 2.50 bits per heavy atom. The third-order valence-electron chi connectivity index (χ3n) is 5.81. The molecule has 6 nitrogen and oxygen atoms in total. The lowest BCUT2D eigenvalue weighted by Gasteiger charge is -2.29. The molecule has 2 amide bonds. The molecule has 146 valence electrons. The Bertz CT molecular complexity index is 898. The van der Waals surface area contributed by atoms with Crippen molar-refractivity contribution in [2.75, 3.05) is 13.2 Å². The Morgan fingerprint density at radius 1 is 1.14 bits per heavy atom. The van der Waals surface area contributed by atoms with Gasteiger partial charge in [0.25, 0.3) is 0 Å². The predicted molar refractivity (Wildman–Crippen MR) is 103 cm³/mol. The lowest BCUT2D eigenvalue weighted by Crippen LogP contribution is -2.96.